The van der Waals surface area contributed by atoms with Crippen LogP contribution >= 0.6 is 0 Å². The molecule has 1 heterocycles. The van der Waals surface area contributed by atoms with Gasteiger partial charge >= 0.3 is 12.0 Å². The first-order chi connectivity index (χ1) is 12.8. The number of nitrogens with zero attached hydrogens (tertiary/aromatic N) is 2. The molecule has 0 aliphatic heterocycles. The predicted molar refractivity (Wildman–Crippen MR) is 92.4 cm³/mol. The molecule has 1 aliphatic carbocycles. The van der Waals surface area contributed by atoms with Crippen molar-refractivity contribution >= 4 is 12.0 Å². The van der Waals surface area contributed by atoms with Crippen LogP contribution in [0.5, 0.6) is 0 Å². The van der Waals surface area contributed by atoms with E-state index in [0.717, 1.165) is 32.1 Å². The Kier molecular flexibility index (Phi) is 7.51. The number of hydrogen-bond acceptors (Lipinski definition) is 8. The number of nitrogens with two attached hydrogens (primary N) is 1. The van der Waals surface area contributed by atoms with Gasteiger partial charge in [0, 0.05) is 0 Å². The Labute approximate surface area is 156 Å². The number of urea groups is 1. The minimum Gasteiger partial charge on any atom is -0.480 e. The number of aliphatic carboxylic acids is 1. The van der Waals surface area contributed by atoms with Gasteiger partial charge in [-0.05, 0) is 25.7 Å². The van der Waals surface area contributed by atoms with E-state index in [4.69, 9.17) is 20.5 Å². The molecule has 0 saturated heterocycles. The molecule has 2 rings (SSSR count). The van der Waals surface area contributed by atoms with E-state index in [1.165, 1.54) is 6.92 Å². The van der Waals surface area contributed by atoms with Gasteiger partial charge in [-0.15, -0.1) is 0 Å². The Hall–Kier alpha value is -2.24. The summed E-state index contributed by atoms with van der Waals surface area (Å²) in [6, 6.07) is -3.63. The summed E-state index contributed by atoms with van der Waals surface area (Å²) >= 11 is 0. The maximum absolute atomic E-state index is 12.3. The van der Waals surface area contributed by atoms with Crippen LogP contribution in [0.3, 0.4) is 0 Å². The Morgan fingerprint density at radius 3 is 2.52 bits per heavy atom. The lowest BCUT2D eigenvalue weighted by Gasteiger charge is -2.29. The Balaban J connectivity index is 2.16. The molecule has 11 heteroatoms. The number of nitrogens with one attached hydrogen (secondary N) is 2. The molecule has 0 spiro atoms. The molecule has 0 bridgehead atoms. The standard InChI is InChI=1S/C16H27N5O6/c1-8(23)11(15(24)25)18-16(26)19-12(9-5-3-2-4-6-9)14-20-13(21-27-14)10(17)7-22/h8-12,22-23H,2-7,17H2,1H3,(H,24,25)(H2,18,19,26)/t8?,10-,11?,12?/m1/s1. The molecule has 1 aliphatic rings. The number of carbonyl (C=O) groups is 2. The molecule has 7 N–H and O–H groups in total. The number of amides is 2. The third kappa shape index (κ3) is 5.62. The fourth-order valence-corrected chi connectivity index (χ4v) is 3.17. The molecule has 1 saturated carbocycles. The monoisotopic (exact) mass is 385 g/mol. The van der Waals surface area contributed by atoms with Gasteiger partial charge in [-0.1, -0.05) is 24.4 Å². The number of hydrogen-bond donors (Lipinski definition) is 6. The van der Waals surface area contributed by atoms with Crippen LogP contribution in [0.4, 0.5) is 4.79 Å². The molecule has 11 nitrogen and oxygen atoms in total. The lowest BCUT2D eigenvalue weighted by Crippen LogP contribution is -2.52. The second-order valence-electron chi connectivity index (χ2n) is 6.83. The molecule has 4 atom stereocenters. The highest BCUT2D eigenvalue weighted by molar-refractivity contribution is 5.83. The van der Waals surface area contributed by atoms with Crippen LogP contribution in [0.15, 0.2) is 4.52 Å². The topological polar surface area (TPSA) is 184 Å². The average Bonchev–Trinajstić information content (AvgIpc) is 3.13. The normalized spacial score (nSPS) is 19.7. The van der Waals surface area contributed by atoms with Crippen molar-refractivity contribution in [2.45, 2.75) is 63.3 Å². The van der Waals surface area contributed by atoms with Gasteiger partial charge in [0.15, 0.2) is 11.9 Å². The van der Waals surface area contributed by atoms with Crippen molar-refractivity contribution in [3.8, 4) is 0 Å². The van der Waals surface area contributed by atoms with Crippen LogP contribution in [0.2, 0.25) is 0 Å². The fourth-order valence-electron chi connectivity index (χ4n) is 3.17. The number of aliphatic hydroxyl groups is 2. The van der Waals surface area contributed by atoms with E-state index >= 15 is 0 Å². The highest BCUT2D eigenvalue weighted by Gasteiger charge is 2.33. The molecule has 3 unspecified atom stereocenters. The zero-order chi connectivity index (χ0) is 20.0. The van der Waals surface area contributed by atoms with Crippen LogP contribution in [0, 0.1) is 5.92 Å². The summed E-state index contributed by atoms with van der Waals surface area (Å²) in [7, 11) is 0. The number of carbonyl (C=O) groups excluding carboxylic acids is 1. The Morgan fingerprint density at radius 1 is 1.30 bits per heavy atom. The maximum atomic E-state index is 12.3. The van der Waals surface area contributed by atoms with Crippen LogP contribution in [-0.4, -0.2) is 56.2 Å². The zero-order valence-corrected chi connectivity index (χ0v) is 15.2. The number of carboxylic acids is 1. The highest BCUT2D eigenvalue weighted by Crippen LogP contribution is 2.34. The van der Waals surface area contributed by atoms with E-state index < -0.39 is 36.2 Å². The van der Waals surface area contributed by atoms with E-state index in [-0.39, 0.29) is 24.2 Å². The lowest BCUT2D eigenvalue weighted by molar-refractivity contribution is -0.141. The summed E-state index contributed by atoms with van der Waals surface area (Å²) < 4.78 is 5.24. The van der Waals surface area contributed by atoms with Gasteiger partial charge < -0.3 is 36.2 Å². The quantitative estimate of drug-likeness (QED) is 0.353. The summed E-state index contributed by atoms with van der Waals surface area (Å²) in [5.74, 6) is -1.02. The van der Waals surface area contributed by atoms with E-state index in [9.17, 15) is 14.7 Å². The number of aliphatic hydroxyl groups excluding tert-OH is 2. The lowest BCUT2D eigenvalue weighted by atomic mass is 9.84. The molecule has 0 aromatic carbocycles. The summed E-state index contributed by atoms with van der Waals surface area (Å²) in [4.78, 5) is 27.7. The average molecular weight is 385 g/mol. The maximum Gasteiger partial charge on any atom is 0.328 e. The summed E-state index contributed by atoms with van der Waals surface area (Å²) in [5, 5.41) is 36.4. The summed E-state index contributed by atoms with van der Waals surface area (Å²) in [6.07, 6.45) is 3.50. The molecule has 152 valence electrons. The van der Waals surface area contributed by atoms with Gasteiger partial charge in [-0.2, -0.15) is 4.98 Å². The van der Waals surface area contributed by atoms with Gasteiger partial charge in [-0.3, -0.25) is 0 Å². The van der Waals surface area contributed by atoms with Gasteiger partial charge in [0.1, 0.15) is 6.04 Å². The van der Waals surface area contributed by atoms with E-state index in [1.54, 1.807) is 0 Å². The SMILES string of the molecule is CC(O)C(NC(=O)NC(c1nc([C@H](N)CO)no1)C1CCCCC1)C(=O)O. The fraction of sp³-hybridized carbons (Fsp3) is 0.750. The second-order valence-corrected chi connectivity index (χ2v) is 6.83. The zero-order valence-electron chi connectivity index (χ0n) is 15.2. The molecule has 0 radical (unpaired) electrons. The van der Waals surface area contributed by atoms with Gasteiger partial charge in [0.25, 0.3) is 0 Å². The van der Waals surface area contributed by atoms with Crippen LogP contribution in [-0.2, 0) is 4.79 Å². The second kappa shape index (κ2) is 9.62. The van der Waals surface area contributed by atoms with Crippen LogP contribution in [0.1, 0.15) is 62.8 Å². The van der Waals surface area contributed by atoms with Crippen molar-refractivity contribution in [3.63, 3.8) is 0 Å². The van der Waals surface area contributed by atoms with Gasteiger partial charge in [-0.25, -0.2) is 9.59 Å². The van der Waals surface area contributed by atoms with Crippen molar-refractivity contribution in [2.75, 3.05) is 6.61 Å². The molecule has 2 amide bonds. The third-order valence-electron chi connectivity index (χ3n) is 4.69. The minimum absolute atomic E-state index is 0.0398. The van der Waals surface area contributed by atoms with Gasteiger partial charge in [0.05, 0.1) is 18.8 Å². The van der Waals surface area contributed by atoms with Crippen molar-refractivity contribution in [3.05, 3.63) is 11.7 Å². The van der Waals surface area contributed by atoms with E-state index in [1.807, 2.05) is 0 Å². The smallest absolute Gasteiger partial charge is 0.328 e. The van der Waals surface area contributed by atoms with Crippen LogP contribution < -0.4 is 16.4 Å². The molecule has 1 aromatic heterocycles. The molecular formula is C16H27N5O6. The Morgan fingerprint density at radius 2 is 1.96 bits per heavy atom. The van der Waals surface area contributed by atoms with E-state index in [0.29, 0.717) is 0 Å². The molecule has 1 aromatic rings. The first kappa shape index (κ1) is 21.1. The third-order valence-corrected chi connectivity index (χ3v) is 4.69. The van der Waals surface area contributed by atoms with Crippen molar-refractivity contribution < 1.29 is 29.4 Å². The molecule has 27 heavy (non-hydrogen) atoms. The first-order valence-corrected chi connectivity index (χ1v) is 9.01. The predicted octanol–water partition coefficient (Wildman–Crippen LogP) is -0.184. The molecule has 1 fully saturated rings. The number of carboxylic acid groups (broad SMARTS) is 1. The van der Waals surface area contributed by atoms with Crippen molar-refractivity contribution in [1.82, 2.24) is 20.8 Å². The Bertz CT molecular complexity index is 631. The van der Waals surface area contributed by atoms with Gasteiger partial charge in [0.2, 0.25) is 5.89 Å². The number of rotatable bonds is 8. The first-order valence-electron chi connectivity index (χ1n) is 9.01. The van der Waals surface area contributed by atoms with E-state index in [2.05, 4.69) is 20.8 Å². The van der Waals surface area contributed by atoms with Crippen LogP contribution in [0.25, 0.3) is 0 Å². The van der Waals surface area contributed by atoms with Crippen molar-refractivity contribution in [2.24, 2.45) is 11.7 Å². The summed E-state index contributed by atoms with van der Waals surface area (Å²) in [6.45, 7) is 0.925. The summed E-state index contributed by atoms with van der Waals surface area (Å²) in [5.41, 5.74) is 5.69. The van der Waals surface area contributed by atoms with Crippen molar-refractivity contribution in [1.29, 1.82) is 0 Å². The molecular weight excluding hydrogens is 358 g/mol. The number of aromatic nitrogens is 2. The highest BCUT2D eigenvalue weighted by atomic mass is 16.5. The minimum atomic E-state index is -1.45. The largest absolute Gasteiger partial charge is 0.480 e.